The van der Waals surface area contributed by atoms with Gasteiger partial charge in [-0.15, -0.1) is 13.2 Å². The van der Waals surface area contributed by atoms with Crippen molar-refractivity contribution < 1.29 is 9.90 Å². The minimum absolute atomic E-state index is 0.591. The largest absolute Gasteiger partial charge is 0.481 e. The van der Waals surface area contributed by atoms with Gasteiger partial charge in [-0.3, -0.25) is 4.79 Å². The molecule has 0 atom stereocenters. The maximum Gasteiger partial charge on any atom is 0.300 e. The van der Waals surface area contributed by atoms with Crippen molar-refractivity contribution in [1.82, 2.24) is 0 Å². The summed E-state index contributed by atoms with van der Waals surface area (Å²) in [5, 5.41) is 8.62. The average Bonchev–Trinajstić information content (AvgIpc) is 2.44. The molecule has 0 radical (unpaired) electrons. The summed E-state index contributed by atoms with van der Waals surface area (Å²) < 4.78 is 0. The molecule has 2 aromatic carbocycles. The fourth-order valence-electron chi connectivity index (χ4n) is 1.34. The van der Waals surface area contributed by atoms with Gasteiger partial charge in [0.2, 0.25) is 0 Å². The van der Waals surface area contributed by atoms with Crippen LogP contribution < -0.4 is 0 Å². The van der Waals surface area contributed by atoms with Crippen molar-refractivity contribution in [3.8, 4) is 11.1 Å². The van der Waals surface area contributed by atoms with Crippen LogP contribution in [-0.4, -0.2) is 11.1 Å². The minimum atomic E-state index is -0.833. The molecule has 0 bridgehead atoms. The van der Waals surface area contributed by atoms with Gasteiger partial charge in [-0.25, -0.2) is 0 Å². The lowest BCUT2D eigenvalue weighted by Gasteiger charge is -2.04. The summed E-state index contributed by atoms with van der Waals surface area (Å²) in [4.78, 5) is 9.00. The number of hydrogen-bond donors (Lipinski definition) is 1. The highest BCUT2D eigenvalue weighted by atomic mass is 35.5. The number of hydrogen-bond acceptors (Lipinski definition) is 1. The molecule has 2 aromatic rings. The van der Waals surface area contributed by atoms with Crippen LogP contribution in [0.1, 0.15) is 6.92 Å². The SMILES string of the molecule is C=C.CC(=O)O.Clc1cccc(-c2ccccc2)c1Cl. The zero-order valence-electron chi connectivity index (χ0n) is 11.1. The molecule has 4 heteroatoms. The van der Waals surface area contributed by atoms with Gasteiger partial charge in [0.15, 0.2) is 0 Å². The number of carboxylic acids is 1. The van der Waals surface area contributed by atoms with Crippen LogP contribution in [0.2, 0.25) is 10.0 Å². The second-order valence-electron chi connectivity index (χ2n) is 3.49. The Morgan fingerprint density at radius 2 is 1.50 bits per heavy atom. The van der Waals surface area contributed by atoms with E-state index in [4.69, 9.17) is 33.1 Å². The van der Waals surface area contributed by atoms with Crippen LogP contribution in [0.5, 0.6) is 0 Å². The molecule has 20 heavy (non-hydrogen) atoms. The summed E-state index contributed by atoms with van der Waals surface area (Å²) >= 11 is 12.0. The zero-order valence-corrected chi connectivity index (χ0v) is 12.7. The van der Waals surface area contributed by atoms with Crippen LogP contribution in [0.4, 0.5) is 0 Å². The topological polar surface area (TPSA) is 37.3 Å². The number of aliphatic carboxylic acids is 1. The predicted octanol–water partition coefficient (Wildman–Crippen LogP) is 5.55. The van der Waals surface area contributed by atoms with Gasteiger partial charge in [0.1, 0.15) is 0 Å². The molecule has 2 rings (SSSR count). The van der Waals surface area contributed by atoms with Crippen molar-refractivity contribution in [2.75, 3.05) is 0 Å². The molecule has 0 amide bonds. The predicted molar refractivity (Wildman–Crippen MR) is 86.5 cm³/mol. The molecular formula is C16H16Cl2O2. The van der Waals surface area contributed by atoms with Crippen LogP contribution in [0.15, 0.2) is 61.7 Å². The molecule has 0 fully saturated rings. The lowest BCUT2D eigenvalue weighted by Crippen LogP contribution is -1.79. The molecule has 0 aromatic heterocycles. The van der Waals surface area contributed by atoms with E-state index >= 15 is 0 Å². The van der Waals surface area contributed by atoms with E-state index < -0.39 is 5.97 Å². The second-order valence-corrected chi connectivity index (χ2v) is 4.27. The molecule has 0 aliphatic carbocycles. The number of halogens is 2. The van der Waals surface area contributed by atoms with E-state index in [-0.39, 0.29) is 0 Å². The molecule has 0 unspecified atom stereocenters. The monoisotopic (exact) mass is 310 g/mol. The number of carboxylic acid groups (broad SMARTS) is 1. The van der Waals surface area contributed by atoms with Gasteiger partial charge >= 0.3 is 0 Å². The Morgan fingerprint density at radius 1 is 1.00 bits per heavy atom. The highest BCUT2D eigenvalue weighted by Crippen LogP contribution is 2.32. The zero-order chi connectivity index (χ0) is 15.5. The highest BCUT2D eigenvalue weighted by Gasteiger charge is 2.05. The van der Waals surface area contributed by atoms with Crippen LogP contribution >= 0.6 is 23.2 Å². The van der Waals surface area contributed by atoms with Crippen molar-refractivity contribution in [2.24, 2.45) is 0 Å². The summed E-state index contributed by atoms with van der Waals surface area (Å²) in [5.74, 6) is -0.833. The van der Waals surface area contributed by atoms with Crippen LogP contribution in [0, 0.1) is 0 Å². The molecule has 0 saturated heterocycles. The Hall–Kier alpha value is -1.77. The Balaban J connectivity index is 0.000000521. The van der Waals surface area contributed by atoms with Gasteiger partial charge < -0.3 is 5.11 Å². The van der Waals surface area contributed by atoms with Crippen LogP contribution in [0.25, 0.3) is 11.1 Å². The Labute approximate surface area is 129 Å². The van der Waals surface area contributed by atoms with Crippen molar-refractivity contribution >= 4 is 29.2 Å². The molecule has 0 saturated carbocycles. The molecule has 0 spiro atoms. The fourth-order valence-corrected chi connectivity index (χ4v) is 1.75. The Kier molecular flexibility index (Phi) is 9.18. The van der Waals surface area contributed by atoms with Crippen LogP contribution in [0.3, 0.4) is 0 Å². The van der Waals surface area contributed by atoms with E-state index in [2.05, 4.69) is 13.2 Å². The second kappa shape index (κ2) is 10.1. The van der Waals surface area contributed by atoms with Crippen LogP contribution in [-0.2, 0) is 4.79 Å². The number of carbonyl (C=O) groups is 1. The average molecular weight is 311 g/mol. The molecule has 0 aliphatic heterocycles. The van der Waals surface area contributed by atoms with E-state index in [9.17, 15) is 0 Å². The Bertz CT molecular complexity index is 535. The van der Waals surface area contributed by atoms with Crippen molar-refractivity contribution in [3.63, 3.8) is 0 Å². The van der Waals surface area contributed by atoms with Gasteiger partial charge in [0.25, 0.3) is 5.97 Å². The molecule has 106 valence electrons. The van der Waals surface area contributed by atoms with E-state index in [0.29, 0.717) is 10.0 Å². The number of benzene rings is 2. The highest BCUT2D eigenvalue weighted by molar-refractivity contribution is 6.43. The quantitative estimate of drug-likeness (QED) is 0.701. The van der Waals surface area contributed by atoms with E-state index in [1.165, 1.54) is 0 Å². The first-order valence-electron chi connectivity index (χ1n) is 5.71. The summed E-state index contributed by atoms with van der Waals surface area (Å²) in [6.45, 7) is 7.08. The third-order valence-corrected chi connectivity index (χ3v) is 2.86. The molecule has 1 N–H and O–H groups in total. The van der Waals surface area contributed by atoms with Gasteiger partial charge in [-0.2, -0.15) is 0 Å². The third kappa shape index (κ3) is 6.41. The first kappa shape index (κ1) is 18.2. The van der Waals surface area contributed by atoms with Crippen molar-refractivity contribution in [2.45, 2.75) is 6.92 Å². The lowest BCUT2D eigenvalue weighted by molar-refractivity contribution is -0.134. The summed E-state index contributed by atoms with van der Waals surface area (Å²) in [5.41, 5.74) is 2.06. The van der Waals surface area contributed by atoms with E-state index in [1.807, 2.05) is 42.5 Å². The van der Waals surface area contributed by atoms with Gasteiger partial charge in [0.05, 0.1) is 10.0 Å². The summed E-state index contributed by atoms with van der Waals surface area (Å²) in [6, 6.07) is 15.6. The van der Waals surface area contributed by atoms with E-state index in [0.717, 1.165) is 18.1 Å². The fraction of sp³-hybridized carbons (Fsp3) is 0.0625. The maximum atomic E-state index is 9.00. The van der Waals surface area contributed by atoms with Gasteiger partial charge in [-0.05, 0) is 11.6 Å². The summed E-state index contributed by atoms with van der Waals surface area (Å²) in [7, 11) is 0. The molecular weight excluding hydrogens is 295 g/mol. The van der Waals surface area contributed by atoms with E-state index in [1.54, 1.807) is 6.07 Å². The Morgan fingerprint density at radius 3 is 2.00 bits per heavy atom. The smallest absolute Gasteiger partial charge is 0.300 e. The molecule has 2 nitrogen and oxygen atoms in total. The molecule has 0 aliphatic rings. The standard InChI is InChI=1S/C12H8Cl2.C2H4O2.C2H4/c13-11-8-4-7-10(12(11)14)9-5-2-1-3-6-9;1-2(3)4;1-2/h1-8H;1H3,(H,3,4);1-2H2. The number of rotatable bonds is 1. The third-order valence-electron chi connectivity index (χ3n) is 2.04. The first-order chi connectivity index (χ1) is 9.52. The van der Waals surface area contributed by atoms with Crippen molar-refractivity contribution in [1.29, 1.82) is 0 Å². The maximum absolute atomic E-state index is 9.00. The molecule has 0 heterocycles. The lowest BCUT2D eigenvalue weighted by atomic mass is 10.1. The minimum Gasteiger partial charge on any atom is -0.481 e. The summed E-state index contributed by atoms with van der Waals surface area (Å²) in [6.07, 6.45) is 0. The van der Waals surface area contributed by atoms with Gasteiger partial charge in [0, 0.05) is 12.5 Å². The van der Waals surface area contributed by atoms with Crippen molar-refractivity contribution in [3.05, 3.63) is 71.7 Å². The normalized spacial score (nSPS) is 8.55. The first-order valence-corrected chi connectivity index (χ1v) is 6.47. The van der Waals surface area contributed by atoms with Gasteiger partial charge in [-0.1, -0.05) is 65.7 Å².